The Labute approximate surface area is 85.8 Å². The molecule has 0 amide bonds. The number of aromatic nitrogens is 2. The maximum Gasteiger partial charge on any atom is 0.108 e. The van der Waals surface area contributed by atoms with Crippen LogP contribution in [-0.2, 0) is 13.5 Å². The van der Waals surface area contributed by atoms with Gasteiger partial charge < -0.3 is 9.67 Å². The molecule has 1 rings (SSSR count). The second kappa shape index (κ2) is 5.15. The van der Waals surface area contributed by atoms with E-state index >= 15 is 0 Å². The zero-order chi connectivity index (χ0) is 10.6. The molecule has 0 radical (unpaired) electrons. The molecule has 80 valence electrons. The molecule has 3 nitrogen and oxygen atoms in total. The Balaban J connectivity index is 2.37. The smallest absolute Gasteiger partial charge is 0.108 e. The van der Waals surface area contributed by atoms with Crippen molar-refractivity contribution in [3.05, 3.63) is 18.2 Å². The highest BCUT2D eigenvalue weighted by Gasteiger charge is 2.12. The molecule has 3 heteroatoms. The quantitative estimate of drug-likeness (QED) is 0.779. The van der Waals surface area contributed by atoms with Gasteiger partial charge in [-0.05, 0) is 18.8 Å². The van der Waals surface area contributed by atoms with E-state index in [1.165, 1.54) is 0 Å². The fourth-order valence-electron chi connectivity index (χ4n) is 1.59. The summed E-state index contributed by atoms with van der Waals surface area (Å²) in [5.74, 6) is 1.46. The minimum absolute atomic E-state index is 0.171. The predicted molar refractivity (Wildman–Crippen MR) is 57.0 cm³/mol. The molecule has 14 heavy (non-hydrogen) atoms. The third-order valence-corrected chi connectivity index (χ3v) is 2.82. The van der Waals surface area contributed by atoms with Crippen LogP contribution in [-0.4, -0.2) is 20.8 Å². The van der Waals surface area contributed by atoms with Gasteiger partial charge in [0.25, 0.3) is 0 Å². The van der Waals surface area contributed by atoms with Gasteiger partial charge in [-0.3, -0.25) is 0 Å². The van der Waals surface area contributed by atoms with E-state index < -0.39 is 0 Å². The minimum atomic E-state index is -0.171. The summed E-state index contributed by atoms with van der Waals surface area (Å²) in [5, 5.41) is 9.60. The Morgan fingerprint density at radius 3 is 2.79 bits per heavy atom. The van der Waals surface area contributed by atoms with Crippen LogP contribution in [0.1, 0.15) is 32.5 Å². The Kier molecular flexibility index (Phi) is 4.14. The van der Waals surface area contributed by atoms with Crippen molar-refractivity contribution < 1.29 is 5.11 Å². The fraction of sp³-hybridized carbons (Fsp3) is 0.727. The largest absolute Gasteiger partial charge is 0.393 e. The number of rotatable bonds is 5. The van der Waals surface area contributed by atoms with Gasteiger partial charge in [0.15, 0.2) is 0 Å². The Bertz CT molecular complexity index is 270. The van der Waals surface area contributed by atoms with Gasteiger partial charge in [0.2, 0.25) is 0 Å². The molecule has 0 spiro atoms. The lowest BCUT2D eigenvalue weighted by atomic mass is 9.97. The monoisotopic (exact) mass is 196 g/mol. The summed E-state index contributed by atoms with van der Waals surface area (Å²) in [7, 11) is 2.00. The zero-order valence-electron chi connectivity index (χ0n) is 9.27. The SMILES string of the molecule is CCC(O)C(C)CCc1nccn1C. The summed E-state index contributed by atoms with van der Waals surface area (Å²) in [6, 6.07) is 0. The highest BCUT2D eigenvalue weighted by atomic mass is 16.3. The molecule has 0 aliphatic carbocycles. The molecule has 1 aromatic heterocycles. The van der Waals surface area contributed by atoms with Gasteiger partial charge >= 0.3 is 0 Å². The van der Waals surface area contributed by atoms with Crippen molar-refractivity contribution in [2.75, 3.05) is 0 Å². The van der Waals surface area contributed by atoms with Crippen LogP contribution in [0.25, 0.3) is 0 Å². The van der Waals surface area contributed by atoms with Crippen LogP contribution in [0.2, 0.25) is 0 Å². The van der Waals surface area contributed by atoms with Crippen LogP contribution in [0.15, 0.2) is 12.4 Å². The van der Waals surface area contributed by atoms with Crippen molar-refractivity contribution in [2.45, 2.75) is 39.2 Å². The van der Waals surface area contributed by atoms with Crippen molar-refractivity contribution in [2.24, 2.45) is 13.0 Å². The molecule has 0 saturated carbocycles. The molecular weight excluding hydrogens is 176 g/mol. The summed E-state index contributed by atoms with van der Waals surface area (Å²) in [4.78, 5) is 4.25. The Hall–Kier alpha value is -0.830. The molecule has 0 aromatic carbocycles. The third kappa shape index (κ3) is 2.84. The molecule has 2 atom stereocenters. The number of aliphatic hydroxyl groups excluding tert-OH is 1. The number of hydrogen-bond donors (Lipinski definition) is 1. The lowest BCUT2D eigenvalue weighted by Crippen LogP contribution is -2.17. The summed E-state index contributed by atoms with van der Waals surface area (Å²) in [5.41, 5.74) is 0. The Morgan fingerprint density at radius 2 is 2.29 bits per heavy atom. The molecule has 0 bridgehead atoms. The van der Waals surface area contributed by atoms with Crippen LogP contribution in [0.4, 0.5) is 0 Å². The molecule has 2 unspecified atom stereocenters. The number of aryl methyl sites for hydroxylation is 2. The average molecular weight is 196 g/mol. The highest BCUT2D eigenvalue weighted by molar-refractivity contribution is 4.91. The minimum Gasteiger partial charge on any atom is -0.393 e. The lowest BCUT2D eigenvalue weighted by molar-refractivity contribution is 0.108. The van der Waals surface area contributed by atoms with E-state index in [2.05, 4.69) is 11.9 Å². The van der Waals surface area contributed by atoms with Crippen molar-refractivity contribution >= 4 is 0 Å². The number of imidazole rings is 1. The van der Waals surface area contributed by atoms with E-state index in [9.17, 15) is 5.11 Å². The summed E-state index contributed by atoms with van der Waals surface area (Å²) < 4.78 is 2.03. The number of aliphatic hydroxyl groups is 1. The van der Waals surface area contributed by atoms with Crippen molar-refractivity contribution in [1.29, 1.82) is 0 Å². The highest BCUT2D eigenvalue weighted by Crippen LogP contribution is 2.13. The first-order chi connectivity index (χ1) is 6.65. The van der Waals surface area contributed by atoms with Gasteiger partial charge in [0.05, 0.1) is 6.10 Å². The van der Waals surface area contributed by atoms with E-state index in [-0.39, 0.29) is 6.10 Å². The predicted octanol–water partition coefficient (Wildman–Crippen LogP) is 1.76. The van der Waals surface area contributed by atoms with Gasteiger partial charge in [-0.25, -0.2) is 4.98 Å². The normalized spacial score (nSPS) is 15.4. The summed E-state index contributed by atoms with van der Waals surface area (Å²) in [6.07, 6.45) is 6.38. The fourth-order valence-corrected chi connectivity index (χ4v) is 1.59. The molecule has 0 aliphatic rings. The second-order valence-electron chi connectivity index (χ2n) is 3.95. The number of hydrogen-bond acceptors (Lipinski definition) is 2. The maximum absolute atomic E-state index is 9.60. The molecular formula is C11H20N2O. The molecule has 0 aliphatic heterocycles. The van der Waals surface area contributed by atoms with Crippen LogP contribution >= 0.6 is 0 Å². The first kappa shape index (κ1) is 11.2. The third-order valence-electron chi connectivity index (χ3n) is 2.82. The van der Waals surface area contributed by atoms with Crippen molar-refractivity contribution in [3.8, 4) is 0 Å². The van der Waals surface area contributed by atoms with E-state index in [4.69, 9.17) is 0 Å². The second-order valence-corrected chi connectivity index (χ2v) is 3.95. The van der Waals surface area contributed by atoms with Gasteiger partial charge in [0.1, 0.15) is 5.82 Å². The van der Waals surface area contributed by atoms with Crippen LogP contribution < -0.4 is 0 Å². The van der Waals surface area contributed by atoms with Gasteiger partial charge in [-0.15, -0.1) is 0 Å². The molecule has 1 aromatic rings. The summed E-state index contributed by atoms with van der Waals surface area (Å²) in [6.45, 7) is 4.11. The zero-order valence-corrected chi connectivity index (χ0v) is 9.27. The first-order valence-corrected chi connectivity index (χ1v) is 5.29. The standard InChI is InChI=1S/C11H20N2O/c1-4-10(14)9(2)5-6-11-12-7-8-13(11)3/h7-10,14H,4-6H2,1-3H3. The average Bonchev–Trinajstić information content (AvgIpc) is 2.59. The van der Waals surface area contributed by atoms with E-state index in [1.54, 1.807) is 0 Å². The first-order valence-electron chi connectivity index (χ1n) is 5.29. The van der Waals surface area contributed by atoms with Gasteiger partial charge in [-0.2, -0.15) is 0 Å². The topological polar surface area (TPSA) is 38.1 Å². The van der Waals surface area contributed by atoms with Gasteiger partial charge in [0, 0.05) is 25.9 Å². The lowest BCUT2D eigenvalue weighted by Gasteiger charge is -2.16. The van der Waals surface area contributed by atoms with E-state index in [0.29, 0.717) is 5.92 Å². The maximum atomic E-state index is 9.60. The van der Waals surface area contributed by atoms with Crippen LogP contribution in [0, 0.1) is 5.92 Å². The Morgan fingerprint density at radius 1 is 1.57 bits per heavy atom. The van der Waals surface area contributed by atoms with E-state index in [0.717, 1.165) is 25.1 Å². The molecule has 1 N–H and O–H groups in total. The van der Waals surface area contributed by atoms with Crippen molar-refractivity contribution in [1.82, 2.24) is 9.55 Å². The van der Waals surface area contributed by atoms with E-state index in [1.807, 2.05) is 30.9 Å². The van der Waals surface area contributed by atoms with Crippen LogP contribution in [0.3, 0.4) is 0 Å². The molecule has 0 saturated heterocycles. The van der Waals surface area contributed by atoms with Gasteiger partial charge in [-0.1, -0.05) is 13.8 Å². The molecule has 0 fully saturated rings. The van der Waals surface area contributed by atoms with Crippen LogP contribution in [0.5, 0.6) is 0 Å². The number of nitrogens with zero attached hydrogens (tertiary/aromatic N) is 2. The molecule has 1 heterocycles. The summed E-state index contributed by atoms with van der Waals surface area (Å²) >= 11 is 0. The van der Waals surface area contributed by atoms with Crippen molar-refractivity contribution in [3.63, 3.8) is 0 Å².